The van der Waals surface area contributed by atoms with Gasteiger partial charge in [0.1, 0.15) is 6.04 Å². The van der Waals surface area contributed by atoms with Crippen molar-refractivity contribution < 1.29 is 9.59 Å². The molecule has 0 spiro atoms. The second-order valence-corrected chi connectivity index (χ2v) is 8.40. The highest BCUT2D eigenvalue weighted by atomic mass is 32.2. The fourth-order valence-corrected chi connectivity index (χ4v) is 3.92. The summed E-state index contributed by atoms with van der Waals surface area (Å²) in [5.74, 6) is 0.210. The van der Waals surface area contributed by atoms with Gasteiger partial charge in [-0.25, -0.2) is 0 Å². The Hall–Kier alpha value is -2.27. The van der Waals surface area contributed by atoms with Crippen LogP contribution in [-0.4, -0.2) is 34.6 Å². The Bertz CT molecular complexity index is 794. The van der Waals surface area contributed by atoms with Crippen molar-refractivity contribution in [3.63, 3.8) is 0 Å². The van der Waals surface area contributed by atoms with Crippen molar-refractivity contribution >= 4 is 23.6 Å². The highest BCUT2D eigenvalue weighted by Crippen LogP contribution is 2.20. The second-order valence-electron chi connectivity index (χ2n) is 7.35. The number of nitrogens with zero attached hydrogens (tertiary/aromatic N) is 1. The quantitative estimate of drug-likeness (QED) is 0.570. The summed E-state index contributed by atoms with van der Waals surface area (Å²) in [7, 11) is 0. The fourth-order valence-electron chi connectivity index (χ4n) is 3.11. The lowest BCUT2D eigenvalue weighted by atomic mass is 10.1. The number of hydrogen-bond donors (Lipinski definition) is 1. The molecule has 29 heavy (non-hydrogen) atoms. The van der Waals surface area contributed by atoms with E-state index in [0.717, 1.165) is 22.4 Å². The molecule has 2 aromatic rings. The first-order valence-corrected chi connectivity index (χ1v) is 11.3. The first-order chi connectivity index (χ1) is 13.9. The molecule has 0 unspecified atom stereocenters. The third-order valence-corrected chi connectivity index (χ3v) is 5.92. The predicted octanol–water partition coefficient (Wildman–Crippen LogP) is 4.81. The van der Waals surface area contributed by atoms with Crippen LogP contribution in [0.15, 0.2) is 59.5 Å². The number of hydrogen-bond acceptors (Lipinski definition) is 3. The van der Waals surface area contributed by atoms with E-state index in [0.29, 0.717) is 18.7 Å². The second kappa shape index (κ2) is 11.7. The minimum Gasteiger partial charge on any atom is -0.352 e. The van der Waals surface area contributed by atoms with E-state index in [-0.39, 0.29) is 17.9 Å². The van der Waals surface area contributed by atoms with Gasteiger partial charge in [-0.1, -0.05) is 61.9 Å². The highest BCUT2D eigenvalue weighted by molar-refractivity contribution is 8.00. The predicted molar refractivity (Wildman–Crippen MR) is 121 cm³/mol. The van der Waals surface area contributed by atoms with Crippen LogP contribution in [0.4, 0.5) is 0 Å². The normalized spacial score (nSPS) is 12.8. The van der Waals surface area contributed by atoms with Crippen LogP contribution in [0.1, 0.15) is 44.7 Å². The van der Waals surface area contributed by atoms with Crippen LogP contribution in [0.25, 0.3) is 0 Å². The molecule has 156 valence electrons. The topological polar surface area (TPSA) is 49.4 Å². The molecule has 0 heterocycles. The maximum absolute atomic E-state index is 13.2. The minimum atomic E-state index is -0.478. The van der Waals surface area contributed by atoms with E-state index >= 15 is 0 Å². The average molecular weight is 413 g/mol. The smallest absolute Gasteiger partial charge is 0.243 e. The van der Waals surface area contributed by atoms with E-state index in [1.807, 2.05) is 76.2 Å². The molecular formula is C24H32N2O2S. The van der Waals surface area contributed by atoms with E-state index in [1.165, 1.54) is 11.8 Å². The molecule has 0 saturated heterocycles. The number of amides is 2. The number of carbonyl (C=O) groups is 2. The first kappa shape index (κ1) is 23.0. The summed E-state index contributed by atoms with van der Waals surface area (Å²) in [6.45, 7) is 8.46. The lowest BCUT2D eigenvalue weighted by molar-refractivity contribution is -0.139. The van der Waals surface area contributed by atoms with Crippen molar-refractivity contribution in [1.29, 1.82) is 0 Å². The summed E-state index contributed by atoms with van der Waals surface area (Å²) in [6, 6.07) is 17.6. The van der Waals surface area contributed by atoms with Crippen molar-refractivity contribution in [2.24, 2.45) is 0 Å². The molecular weight excluding hydrogens is 380 g/mol. The van der Waals surface area contributed by atoms with Crippen LogP contribution < -0.4 is 5.32 Å². The van der Waals surface area contributed by atoms with Crippen molar-refractivity contribution in [1.82, 2.24) is 10.2 Å². The molecule has 1 N–H and O–H groups in total. The fraction of sp³-hybridized carbons (Fsp3) is 0.417. The van der Waals surface area contributed by atoms with Crippen LogP contribution in [0.5, 0.6) is 0 Å². The zero-order valence-electron chi connectivity index (χ0n) is 17.9. The Morgan fingerprint density at radius 2 is 1.76 bits per heavy atom. The molecule has 0 saturated carbocycles. The summed E-state index contributed by atoms with van der Waals surface area (Å²) in [6.07, 6.45) is 1.44. The Morgan fingerprint density at radius 1 is 1.03 bits per heavy atom. The molecule has 2 aromatic carbocycles. The van der Waals surface area contributed by atoms with Crippen LogP contribution in [0, 0.1) is 6.92 Å². The van der Waals surface area contributed by atoms with Crippen LogP contribution in [-0.2, 0) is 16.1 Å². The van der Waals surface area contributed by atoms with Gasteiger partial charge in [0.05, 0.1) is 5.75 Å². The Kier molecular flexibility index (Phi) is 9.26. The van der Waals surface area contributed by atoms with E-state index in [4.69, 9.17) is 0 Å². The van der Waals surface area contributed by atoms with Gasteiger partial charge in [0, 0.05) is 17.5 Å². The summed E-state index contributed by atoms with van der Waals surface area (Å²) in [5, 5.41) is 3.05. The van der Waals surface area contributed by atoms with E-state index in [2.05, 4.69) is 11.4 Å². The number of carbonyl (C=O) groups excluding carboxylic acids is 2. The summed E-state index contributed by atoms with van der Waals surface area (Å²) >= 11 is 1.51. The zero-order valence-corrected chi connectivity index (χ0v) is 18.7. The van der Waals surface area contributed by atoms with Crippen LogP contribution in [0.2, 0.25) is 0 Å². The molecule has 0 aromatic heterocycles. The lowest BCUT2D eigenvalue weighted by Crippen LogP contribution is -2.51. The number of rotatable bonds is 10. The molecule has 0 fully saturated rings. The standard InChI is InChI=1S/C24H32N2O2S/c1-5-19(4)25-24(28)22(6-2)26(16-20-12-10-11-18(3)15-20)23(27)17-29-21-13-8-7-9-14-21/h7-15,19,22H,5-6,16-17H2,1-4H3,(H,25,28)/t19-,22-/m1/s1. The Balaban J connectivity index is 2.20. The monoisotopic (exact) mass is 412 g/mol. The molecule has 2 amide bonds. The summed E-state index contributed by atoms with van der Waals surface area (Å²) in [4.78, 5) is 28.9. The van der Waals surface area contributed by atoms with Crippen LogP contribution in [0.3, 0.4) is 0 Å². The van der Waals surface area contributed by atoms with E-state index < -0.39 is 6.04 Å². The maximum Gasteiger partial charge on any atom is 0.243 e. The van der Waals surface area contributed by atoms with E-state index in [1.54, 1.807) is 4.90 Å². The van der Waals surface area contributed by atoms with Crippen molar-refractivity contribution in [3.8, 4) is 0 Å². The average Bonchev–Trinajstić information content (AvgIpc) is 2.72. The van der Waals surface area contributed by atoms with Gasteiger partial charge in [-0.2, -0.15) is 0 Å². The van der Waals surface area contributed by atoms with Gasteiger partial charge in [0.15, 0.2) is 0 Å². The van der Waals surface area contributed by atoms with Crippen molar-refractivity contribution in [2.75, 3.05) is 5.75 Å². The number of aryl methyl sites for hydroxylation is 1. The zero-order chi connectivity index (χ0) is 21.2. The Labute approximate surface area is 179 Å². The largest absolute Gasteiger partial charge is 0.352 e. The number of benzene rings is 2. The van der Waals surface area contributed by atoms with E-state index in [9.17, 15) is 9.59 Å². The van der Waals surface area contributed by atoms with Crippen molar-refractivity contribution in [2.45, 2.75) is 64.1 Å². The summed E-state index contributed by atoms with van der Waals surface area (Å²) < 4.78 is 0. The first-order valence-electron chi connectivity index (χ1n) is 10.3. The van der Waals surface area contributed by atoms with Crippen LogP contribution >= 0.6 is 11.8 Å². The lowest BCUT2D eigenvalue weighted by Gasteiger charge is -2.31. The molecule has 0 aliphatic heterocycles. The van der Waals surface area contributed by atoms with Gasteiger partial charge in [-0.15, -0.1) is 11.8 Å². The van der Waals surface area contributed by atoms with Gasteiger partial charge < -0.3 is 10.2 Å². The minimum absolute atomic E-state index is 0.0217. The highest BCUT2D eigenvalue weighted by Gasteiger charge is 2.29. The summed E-state index contributed by atoms with van der Waals surface area (Å²) in [5.41, 5.74) is 2.18. The molecule has 4 nitrogen and oxygen atoms in total. The SMILES string of the molecule is CC[C@@H](C)NC(=O)[C@@H](CC)N(Cc1cccc(C)c1)C(=O)CSc1ccccc1. The molecule has 5 heteroatoms. The Morgan fingerprint density at radius 3 is 2.38 bits per heavy atom. The van der Waals surface area contributed by atoms with Gasteiger partial charge in [-0.05, 0) is 44.4 Å². The molecule has 0 aliphatic rings. The van der Waals surface area contributed by atoms with Gasteiger partial charge in [0.2, 0.25) is 11.8 Å². The van der Waals surface area contributed by atoms with Crippen molar-refractivity contribution in [3.05, 3.63) is 65.7 Å². The molecule has 0 radical (unpaired) electrons. The third kappa shape index (κ3) is 7.24. The van der Waals surface area contributed by atoms with Gasteiger partial charge >= 0.3 is 0 Å². The maximum atomic E-state index is 13.2. The van der Waals surface area contributed by atoms with Gasteiger partial charge in [-0.3, -0.25) is 9.59 Å². The molecule has 0 aliphatic carbocycles. The molecule has 2 atom stereocenters. The molecule has 0 bridgehead atoms. The third-order valence-electron chi connectivity index (χ3n) is 4.93. The number of thioether (sulfide) groups is 1. The number of nitrogens with one attached hydrogen (secondary N) is 1. The van der Waals surface area contributed by atoms with Gasteiger partial charge in [0.25, 0.3) is 0 Å². The molecule has 2 rings (SSSR count).